The Bertz CT molecular complexity index is 463. The van der Waals surface area contributed by atoms with E-state index < -0.39 is 18.8 Å². The second-order valence-electron chi connectivity index (χ2n) is 3.82. The summed E-state index contributed by atoms with van der Waals surface area (Å²) in [6.45, 7) is -1.20. The van der Waals surface area contributed by atoms with Gasteiger partial charge in [0.1, 0.15) is 12.4 Å². The van der Waals surface area contributed by atoms with Crippen LogP contribution >= 0.6 is 22.6 Å². The Balaban J connectivity index is 2.35. The number of aromatic carboxylic acids is 1. The summed E-state index contributed by atoms with van der Waals surface area (Å²) < 4.78 is 45.9. The van der Waals surface area contributed by atoms with Gasteiger partial charge < -0.3 is 14.6 Å². The van der Waals surface area contributed by atoms with Gasteiger partial charge in [0.05, 0.1) is 22.3 Å². The molecule has 0 saturated carbocycles. The number of hydrogen-bond acceptors (Lipinski definition) is 3. The van der Waals surface area contributed by atoms with Crippen molar-refractivity contribution in [1.82, 2.24) is 0 Å². The van der Waals surface area contributed by atoms with Crippen LogP contribution in [0, 0.1) is 3.57 Å². The molecule has 0 heterocycles. The summed E-state index contributed by atoms with van der Waals surface area (Å²) in [6.07, 6.45) is -4.05. The smallest absolute Gasteiger partial charge is 0.411 e. The fourth-order valence-electron chi connectivity index (χ4n) is 1.28. The van der Waals surface area contributed by atoms with Crippen LogP contribution in [0.5, 0.6) is 5.75 Å². The maximum atomic E-state index is 11.8. The molecule has 1 aromatic carbocycles. The van der Waals surface area contributed by atoms with Crippen LogP contribution in [0.1, 0.15) is 16.8 Å². The highest BCUT2D eigenvalue weighted by Crippen LogP contribution is 2.22. The third-order valence-corrected chi connectivity index (χ3v) is 3.03. The molecule has 0 amide bonds. The summed E-state index contributed by atoms with van der Waals surface area (Å²) in [5, 5.41) is 8.83. The Hall–Kier alpha value is -1.03. The maximum Gasteiger partial charge on any atom is 0.411 e. The summed E-state index contributed by atoms with van der Waals surface area (Å²) in [6, 6.07) is 4.42. The summed E-state index contributed by atoms with van der Waals surface area (Å²) in [5.41, 5.74) is 0.0914. The summed E-state index contributed by atoms with van der Waals surface area (Å²) in [7, 11) is 0. The lowest BCUT2D eigenvalue weighted by molar-refractivity contribution is -0.174. The minimum Gasteiger partial charge on any atom is -0.492 e. The van der Waals surface area contributed by atoms with Crippen molar-refractivity contribution in [2.75, 3.05) is 19.8 Å². The van der Waals surface area contributed by atoms with Crippen LogP contribution in [0.3, 0.4) is 0 Å². The normalized spacial score (nSPS) is 11.4. The molecule has 20 heavy (non-hydrogen) atoms. The van der Waals surface area contributed by atoms with Crippen molar-refractivity contribution in [3.05, 3.63) is 27.3 Å². The zero-order chi connectivity index (χ0) is 15.2. The molecule has 0 saturated heterocycles. The van der Waals surface area contributed by atoms with Gasteiger partial charge in [-0.3, -0.25) is 0 Å². The summed E-state index contributed by atoms with van der Waals surface area (Å²) >= 11 is 1.98. The van der Waals surface area contributed by atoms with E-state index in [1.165, 1.54) is 12.1 Å². The molecule has 4 nitrogen and oxygen atoms in total. The van der Waals surface area contributed by atoms with Gasteiger partial charge in [-0.05, 0) is 40.8 Å². The van der Waals surface area contributed by atoms with Crippen LogP contribution in [-0.4, -0.2) is 37.1 Å². The minimum atomic E-state index is -4.33. The van der Waals surface area contributed by atoms with Gasteiger partial charge in [-0.2, -0.15) is 13.2 Å². The largest absolute Gasteiger partial charge is 0.492 e. The van der Waals surface area contributed by atoms with Crippen molar-refractivity contribution in [2.24, 2.45) is 0 Å². The zero-order valence-electron chi connectivity index (χ0n) is 10.2. The molecular weight excluding hydrogens is 392 g/mol. The van der Waals surface area contributed by atoms with Gasteiger partial charge in [-0.15, -0.1) is 0 Å². The predicted octanol–water partition coefficient (Wildman–Crippen LogP) is 3.34. The molecule has 0 fully saturated rings. The van der Waals surface area contributed by atoms with Crippen molar-refractivity contribution in [2.45, 2.75) is 12.6 Å². The first kappa shape index (κ1) is 17.0. The number of benzene rings is 1. The van der Waals surface area contributed by atoms with Gasteiger partial charge >= 0.3 is 12.1 Å². The van der Waals surface area contributed by atoms with E-state index in [4.69, 9.17) is 9.84 Å². The SMILES string of the molecule is O=C(O)c1ccc(I)c(OCCCOCC(F)(F)F)c1. The van der Waals surface area contributed by atoms with E-state index in [1.807, 2.05) is 22.6 Å². The topological polar surface area (TPSA) is 55.8 Å². The number of alkyl halides is 3. The van der Waals surface area contributed by atoms with E-state index in [-0.39, 0.29) is 25.2 Å². The zero-order valence-corrected chi connectivity index (χ0v) is 12.4. The molecule has 0 atom stereocenters. The molecule has 1 N–H and O–H groups in total. The molecule has 0 unspecified atom stereocenters. The number of halogens is 4. The van der Waals surface area contributed by atoms with E-state index in [1.54, 1.807) is 6.07 Å². The first-order chi connectivity index (χ1) is 9.29. The number of carboxylic acids is 1. The van der Waals surface area contributed by atoms with Gasteiger partial charge in [-0.1, -0.05) is 0 Å². The third kappa shape index (κ3) is 6.42. The van der Waals surface area contributed by atoms with Gasteiger partial charge in [0, 0.05) is 6.42 Å². The van der Waals surface area contributed by atoms with E-state index in [0.717, 1.165) is 3.57 Å². The lowest BCUT2D eigenvalue weighted by atomic mass is 10.2. The van der Waals surface area contributed by atoms with Crippen molar-refractivity contribution >= 4 is 28.6 Å². The summed E-state index contributed by atoms with van der Waals surface area (Å²) in [5.74, 6) is -0.680. The average molecular weight is 404 g/mol. The fourth-order valence-corrected chi connectivity index (χ4v) is 1.77. The molecule has 112 valence electrons. The summed E-state index contributed by atoms with van der Waals surface area (Å²) in [4.78, 5) is 10.8. The Kier molecular flexibility index (Phi) is 6.53. The number of ether oxygens (including phenoxy) is 2. The highest BCUT2D eigenvalue weighted by atomic mass is 127. The predicted molar refractivity (Wildman–Crippen MR) is 73.1 cm³/mol. The molecule has 0 bridgehead atoms. The highest BCUT2D eigenvalue weighted by molar-refractivity contribution is 14.1. The second-order valence-corrected chi connectivity index (χ2v) is 4.98. The maximum absolute atomic E-state index is 11.8. The molecule has 0 aliphatic heterocycles. The molecule has 1 rings (SSSR count). The van der Waals surface area contributed by atoms with Gasteiger partial charge in [0.25, 0.3) is 0 Å². The minimum absolute atomic E-state index is 0.0747. The molecule has 8 heteroatoms. The highest BCUT2D eigenvalue weighted by Gasteiger charge is 2.27. The molecule has 0 spiro atoms. The van der Waals surface area contributed by atoms with Gasteiger partial charge in [-0.25, -0.2) is 4.79 Å². The number of hydrogen-bond donors (Lipinski definition) is 1. The fraction of sp³-hybridized carbons (Fsp3) is 0.417. The van der Waals surface area contributed by atoms with Crippen molar-refractivity contribution in [3.8, 4) is 5.75 Å². The van der Waals surface area contributed by atoms with Crippen molar-refractivity contribution < 1.29 is 32.5 Å². The van der Waals surface area contributed by atoms with Crippen LogP contribution in [0.15, 0.2) is 18.2 Å². The number of carboxylic acid groups (broad SMARTS) is 1. The first-order valence-corrected chi connectivity index (χ1v) is 6.67. The van der Waals surface area contributed by atoms with Crippen molar-refractivity contribution in [3.63, 3.8) is 0 Å². The van der Waals surface area contributed by atoms with Gasteiger partial charge in [0.15, 0.2) is 0 Å². The van der Waals surface area contributed by atoms with Crippen LogP contribution in [-0.2, 0) is 4.74 Å². The first-order valence-electron chi connectivity index (χ1n) is 5.60. The molecular formula is C12H12F3IO4. The Morgan fingerprint density at radius 3 is 2.60 bits per heavy atom. The quantitative estimate of drug-likeness (QED) is 0.560. The van der Waals surface area contributed by atoms with E-state index >= 15 is 0 Å². The number of rotatable bonds is 7. The Morgan fingerprint density at radius 1 is 1.30 bits per heavy atom. The van der Waals surface area contributed by atoms with Gasteiger partial charge in [0.2, 0.25) is 0 Å². The third-order valence-electron chi connectivity index (χ3n) is 2.13. The monoisotopic (exact) mass is 404 g/mol. The average Bonchev–Trinajstić information content (AvgIpc) is 2.34. The van der Waals surface area contributed by atoms with E-state index in [0.29, 0.717) is 5.75 Å². The van der Waals surface area contributed by atoms with Crippen molar-refractivity contribution in [1.29, 1.82) is 0 Å². The molecule has 0 aromatic heterocycles. The lowest BCUT2D eigenvalue weighted by Crippen LogP contribution is -2.18. The molecule has 0 radical (unpaired) electrons. The van der Waals surface area contributed by atoms with Crippen LogP contribution in [0.4, 0.5) is 13.2 Å². The molecule has 1 aromatic rings. The second kappa shape index (κ2) is 7.67. The van der Waals surface area contributed by atoms with Crippen LogP contribution in [0.25, 0.3) is 0 Å². The number of carbonyl (C=O) groups is 1. The lowest BCUT2D eigenvalue weighted by Gasteiger charge is -2.10. The molecule has 0 aliphatic rings. The molecule has 0 aliphatic carbocycles. The van der Waals surface area contributed by atoms with E-state index in [9.17, 15) is 18.0 Å². The standard InChI is InChI=1S/C12H12F3IO4/c13-12(14,15)7-19-4-1-5-20-10-6-8(11(17)18)2-3-9(10)16/h2-3,6H,1,4-5,7H2,(H,17,18). The Labute approximate surface area is 127 Å². The van der Waals surface area contributed by atoms with E-state index in [2.05, 4.69) is 4.74 Å². The van der Waals surface area contributed by atoms with Crippen LogP contribution in [0.2, 0.25) is 0 Å². The Morgan fingerprint density at radius 2 is 2.00 bits per heavy atom. The van der Waals surface area contributed by atoms with Crippen LogP contribution < -0.4 is 4.74 Å².